The van der Waals surface area contributed by atoms with Gasteiger partial charge in [-0.25, -0.2) is 0 Å². The molecule has 2 heterocycles. The second-order valence-corrected chi connectivity index (χ2v) is 6.28. The number of benzene rings is 2. The van der Waals surface area contributed by atoms with Crippen LogP contribution in [0.4, 0.5) is 0 Å². The normalized spacial score (nSPS) is 18.6. The molecule has 1 atom stereocenters. The number of carbonyl (C=O) groups is 1. The molecule has 0 spiro atoms. The lowest BCUT2D eigenvalue weighted by atomic mass is 10.0. The number of nitrogens with one attached hydrogen (secondary N) is 1. The smallest absolute Gasteiger partial charge is 0.254 e. The average Bonchev–Trinajstić information content (AvgIpc) is 3.09. The third-order valence-corrected chi connectivity index (χ3v) is 4.59. The Hall–Kier alpha value is -1.95. The Morgan fingerprint density at radius 2 is 2.00 bits per heavy atom. The first kappa shape index (κ1) is 17.9. The number of nitrogens with zero attached hydrogens (tertiary/aromatic N) is 1. The second-order valence-electron chi connectivity index (χ2n) is 5.84. The molecule has 1 amide bonds. The third-order valence-electron chi connectivity index (χ3n) is 4.36. The van der Waals surface area contributed by atoms with Crippen LogP contribution >= 0.6 is 24.0 Å². The summed E-state index contributed by atoms with van der Waals surface area (Å²) in [5.41, 5.74) is 1.64. The molecule has 2 aromatic rings. The molecule has 1 unspecified atom stereocenters. The van der Waals surface area contributed by atoms with Gasteiger partial charge in [0.1, 0.15) is 0 Å². The van der Waals surface area contributed by atoms with E-state index in [-0.39, 0.29) is 31.1 Å². The van der Waals surface area contributed by atoms with E-state index >= 15 is 0 Å². The molecule has 2 aliphatic rings. The summed E-state index contributed by atoms with van der Waals surface area (Å²) in [5.74, 6) is 1.29. The minimum absolute atomic E-state index is 0. The highest BCUT2D eigenvalue weighted by Crippen LogP contribution is 2.34. The molecule has 1 fully saturated rings. The number of rotatable bonds is 2. The second kappa shape index (κ2) is 7.52. The first-order valence-corrected chi connectivity index (χ1v) is 8.27. The van der Waals surface area contributed by atoms with Crippen molar-refractivity contribution < 1.29 is 14.3 Å². The van der Waals surface area contributed by atoms with Gasteiger partial charge in [0.15, 0.2) is 11.5 Å². The summed E-state index contributed by atoms with van der Waals surface area (Å²) in [4.78, 5) is 14.9. The summed E-state index contributed by atoms with van der Waals surface area (Å²) in [7, 11) is 0. The van der Waals surface area contributed by atoms with Crippen molar-refractivity contribution in [1.29, 1.82) is 0 Å². The zero-order valence-corrected chi connectivity index (χ0v) is 15.0. The maximum atomic E-state index is 13.0. The van der Waals surface area contributed by atoms with Crippen LogP contribution in [0.2, 0.25) is 5.02 Å². The molecule has 4 rings (SSSR count). The van der Waals surface area contributed by atoms with Crippen molar-refractivity contribution in [3.63, 3.8) is 0 Å². The van der Waals surface area contributed by atoms with E-state index in [1.807, 2.05) is 29.2 Å². The van der Waals surface area contributed by atoms with Crippen molar-refractivity contribution in [3.05, 3.63) is 58.6 Å². The van der Waals surface area contributed by atoms with Crippen LogP contribution in [0.1, 0.15) is 22.0 Å². The van der Waals surface area contributed by atoms with Crippen LogP contribution in [-0.4, -0.2) is 37.2 Å². The molecule has 0 radical (unpaired) electrons. The summed E-state index contributed by atoms with van der Waals surface area (Å²) in [6, 6.07) is 12.9. The fourth-order valence-corrected chi connectivity index (χ4v) is 3.35. The lowest BCUT2D eigenvalue weighted by Gasteiger charge is -2.36. The minimum atomic E-state index is -0.0460. The van der Waals surface area contributed by atoms with Crippen molar-refractivity contribution in [3.8, 4) is 11.5 Å². The van der Waals surface area contributed by atoms with E-state index in [1.54, 1.807) is 18.2 Å². The number of hydrogen-bond donors (Lipinski definition) is 1. The molecule has 2 aromatic carbocycles. The maximum Gasteiger partial charge on any atom is 0.254 e. The molecule has 2 aliphatic heterocycles. The lowest BCUT2D eigenvalue weighted by molar-refractivity contribution is 0.0634. The van der Waals surface area contributed by atoms with Crippen LogP contribution in [0, 0.1) is 0 Å². The molecule has 0 bridgehead atoms. The molecule has 0 aromatic heterocycles. The summed E-state index contributed by atoms with van der Waals surface area (Å²) in [6.45, 7) is 2.32. The Labute approximate surface area is 157 Å². The fraction of sp³-hybridized carbons (Fsp3) is 0.278. The van der Waals surface area contributed by atoms with E-state index in [0.29, 0.717) is 35.2 Å². The van der Waals surface area contributed by atoms with Crippen LogP contribution in [0.15, 0.2) is 42.5 Å². The average molecular weight is 381 g/mol. The van der Waals surface area contributed by atoms with Crippen molar-refractivity contribution in [2.45, 2.75) is 6.04 Å². The topological polar surface area (TPSA) is 50.8 Å². The van der Waals surface area contributed by atoms with Gasteiger partial charge in [0.05, 0.1) is 6.04 Å². The first-order chi connectivity index (χ1) is 11.7. The van der Waals surface area contributed by atoms with E-state index in [9.17, 15) is 4.79 Å². The zero-order chi connectivity index (χ0) is 16.5. The Balaban J connectivity index is 0.00000182. The van der Waals surface area contributed by atoms with E-state index < -0.39 is 0 Å². The van der Waals surface area contributed by atoms with Crippen LogP contribution in [-0.2, 0) is 0 Å². The molecular formula is C18H18Cl2N2O3. The van der Waals surface area contributed by atoms with E-state index in [0.717, 1.165) is 12.1 Å². The third kappa shape index (κ3) is 3.54. The van der Waals surface area contributed by atoms with Gasteiger partial charge < -0.3 is 19.7 Å². The van der Waals surface area contributed by atoms with Gasteiger partial charge in [-0.15, -0.1) is 12.4 Å². The van der Waals surface area contributed by atoms with Gasteiger partial charge in [-0.05, 0) is 35.9 Å². The molecule has 132 valence electrons. The predicted molar refractivity (Wildman–Crippen MR) is 97.9 cm³/mol. The van der Waals surface area contributed by atoms with Gasteiger partial charge in [-0.1, -0.05) is 23.7 Å². The summed E-state index contributed by atoms with van der Waals surface area (Å²) >= 11 is 6.12. The number of hydrogen-bond acceptors (Lipinski definition) is 4. The Morgan fingerprint density at radius 3 is 2.84 bits per heavy atom. The monoisotopic (exact) mass is 380 g/mol. The van der Waals surface area contributed by atoms with Crippen LogP contribution < -0.4 is 14.8 Å². The highest BCUT2D eigenvalue weighted by atomic mass is 35.5. The number of halogens is 2. The van der Waals surface area contributed by atoms with E-state index in [2.05, 4.69) is 5.32 Å². The molecular weight excluding hydrogens is 363 g/mol. The number of piperazine rings is 1. The lowest BCUT2D eigenvalue weighted by Crippen LogP contribution is -2.48. The van der Waals surface area contributed by atoms with E-state index in [1.165, 1.54) is 0 Å². The maximum absolute atomic E-state index is 13.0. The predicted octanol–water partition coefficient (Wildman–Crippen LogP) is 3.28. The number of carbonyl (C=O) groups excluding carboxylic acids is 1. The highest BCUT2D eigenvalue weighted by Gasteiger charge is 2.29. The SMILES string of the molecule is Cl.O=C(c1ccc2c(c1)OCO2)N1CCNCC1c1cccc(Cl)c1. The fourth-order valence-electron chi connectivity index (χ4n) is 3.15. The molecule has 7 heteroatoms. The largest absolute Gasteiger partial charge is 0.454 e. The van der Waals surface area contributed by atoms with Gasteiger partial charge in [0, 0.05) is 30.2 Å². The van der Waals surface area contributed by atoms with Crippen LogP contribution in [0.3, 0.4) is 0 Å². The Morgan fingerprint density at radius 1 is 1.16 bits per heavy atom. The highest BCUT2D eigenvalue weighted by molar-refractivity contribution is 6.30. The number of ether oxygens (including phenoxy) is 2. The van der Waals surface area contributed by atoms with Crippen molar-refractivity contribution in [1.82, 2.24) is 10.2 Å². The quantitative estimate of drug-likeness (QED) is 0.868. The number of fused-ring (bicyclic) bond motifs is 1. The van der Waals surface area contributed by atoms with Crippen LogP contribution in [0.5, 0.6) is 11.5 Å². The van der Waals surface area contributed by atoms with Crippen molar-refractivity contribution in [2.24, 2.45) is 0 Å². The van der Waals surface area contributed by atoms with Gasteiger partial charge in [-0.3, -0.25) is 4.79 Å². The van der Waals surface area contributed by atoms with Crippen molar-refractivity contribution in [2.75, 3.05) is 26.4 Å². The van der Waals surface area contributed by atoms with Gasteiger partial charge >= 0.3 is 0 Å². The van der Waals surface area contributed by atoms with Crippen LogP contribution in [0.25, 0.3) is 0 Å². The molecule has 0 saturated carbocycles. The summed E-state index contributed by atoms with van der Waals surface area (Å²) in [5, 5.41) is 4.02. The molecule has 0 aliphatic carbocycles. The van der Waals surface area contributed by atoms with Gasteiger partial charge in [0.25, 0.3) is 5.91 Å². The standard InChI is InChI=1S/C18H17ClN2O3.ClH/c19-14-3-1-2-12(8-14)15-10-20-6-7-21(15)18(22)13-4-5-16-17(9-13)24-11-23-16;/h1-5,8-9,15,20H,6-7,10-11H2;1H. The van der Waals surface area contributed by atoms with Gasteiger partial charge in [-0.2, -0.15) is 0 Å². The van der Waals surface area contributed by atoms with E-state index in [4.69, 9.17) is 21.1 Å². The minimum Gasteiger partial charge on any atom is -0.454 e. The number of amides is 1. The Bertz CT molecular complexity index is 785. The zero-order valence-electron chi connectivity index (χ0n) is 13.4. The van der Waals surface area contributed by atoms with Crippen molar-refractivity contribution >= 4 is 29.9 Å². The molecule has 5 nitrogen and oxygen atoms in total. The summed E-state index contributed by atoms with van der Waals surface area (Å²) in [6.07, 6.45) is 0. The molecule has 25 heavy (non-hydrogen) atoms. The summed E-state index contributed by atoms with van der Waals surface area (Å²) < 4.78 is 10.7. The molecule has 1 N–H and O–H groups in total. The molecule has 1 saturated heterocycles. The first-order valence-electron chi connectivity index (χ1n) is 7.89. The Kier molecular flexibility index (Phi) is 5.37. The van der Waals surface area contributed by atoms with Gasteiger partial charge in [0.2, 0.25) is 6.79 Å².